The van der Waals surface area contributed by atoms with Crippen LogP contribution in [0.25, 0.3) is 11.1 Å². The third-order valence-electron chi connectivity index (χ3n) is 7.65. The second kappa shape index (κ2) is 10.9. The van der Waals surface area contributed by atoms with Crippen LogP contribution < -0.4 is 0 Å². The van der Waals surface area contributed by atoms with Crippen LogP contribution in [0.15, 0.2) is 95.8 Å². The highest BCUT2D eigenvalue weighted by Crippen LogP contribution is 2.25. The Labute approximate surface area is 227 Å². The highest BCUT2D eigenvalue weighted by atomic mass is 32.1. The third-order valence-corrected chi connectivity index (χ3v) is 8.23. The molecule has 3 heterocycles. The van der Waals surface area contributed by atoms with Gasteiger partial charge in [0.05, 0.1) is 5.51 Å². The second-order valence-corrected chi connectivity index (χ2v) is 10.7. The number of nitrogens with zero attached hydrogens (tertiary/aromatic N) is 4. The van der Waals surface area contributed by atoms with E-state index in [-0.39, 0.29) is 17.9 Å². The zero-order valence-electron chi connectivity index (χ0n) is 21.1. The van der Waals surface area contributed by atoms with Crippen LogP contribution in [0.3, 0.4) is 0 Å². The fraction of sp³-hybridized carbons (Fsp3) is 0.258. The molecule has 6 nitrogen and oxygen atoms in total. The van der Waals surface area contributed by atoms with E-state index < -0.39 is 0 Å². The zero-order valence-corrected chi connectivity index (χ0v) is 22.0. The molecule has 0 N–H and O–H groups in total. The van der Waals surface area contributed by atoms with E-state index in [1.165, 1.54) is 16.9 Å². The first-order chi connectivity index (χ1) is 18.7. The predicted molar refractivity (Wildman–Crippen MR) is 150 cm³/mol. The summed E-state index contributed by atoms with van der Waals surface area (Å²) in [5, 5.41) is 1.81. The summed E-state index contributed by atoms with van der Waals surface area (Å²) in [6, 6.07) is 29.0. The quantitative estimate of drug-likeness (QED) is 0.368. The van der Waals surface area contributed by atoms with E-state index >= 15 is 0 Å². The van der Waals surface area contributed by atoms with Crippen LogP contribution in [-0.2, 0) is 6.42 Å². The number of likely N-dealkylation sites (tertiary alicyclic amines) is 1. The van der Waals surface area contributed by atoms with Gasteiger partial charge in [0.15, 0.2) is 0 Å². The molecule has 2 saturated heterocycles. The van der Waals surface area contributed by atoms with Crippen molar-refractivity contribution in [2.75, 3.05) is 32.7 Å². The molecule has 0 radical (unpaired) electrons. The second-order valence-electron chi connectivity index (χ2n) is 10.0. The number of rotatable bonds is 6. The van der Waals surface area contributed by atoms with Crippen molar-refractivity contribution < 1.29 is 9.59 Å². The third kappa shape index (κ3) is 5.12. The Morgan fingerprint density at radius 1 is 0.789 bits per heavy atom. The van der Waals surface area contributed by atoms with Gasteiger partial charge in [-0.3, -0.25) is 14.5 Å². The van der Waals surface area contributed by atoms with Crippen LogP contribution in [0, 0.1) is 0 Å². The van der Waals surface area contributed by atoms with Crippen molar-refractivity contribution in [3.05, 3.63) is 113 Å². The van der Waals surface area contributed by atoms with Gasteiger partial charge in [0.1, 0.15) is 5.69 Å². The summed E-state index contributed by atoms with van der Waals surface area (Å²) < 4.78 is 0. The van der Waals surface area contributed by atoms with Gasteiger partial charge in [-0.05, 0) is 35.2 Å². The molecule has 2 aliphatic heterocycles. The Balaban J connectivity index is 1.15. The number of aromatic nitrogens is 1. The molecule has 6 rings (SSSR count). The normalized spacial score (nSPS) is 18.3. The van der Waals surface area contributed by atoms with Crippen LogP contribution in [0.2, 0.25) is 0 Å². The number of carbonyl (C=O) groups is 2. The minimum atomic E-state index is 0.0103. The van der Waals surface area contributed by atoms with Crippen molar-refractivity contribution in [2.45, 2.75) is 18.5 Å². The molecule has 192 valence electrons. The molecule has 0 aliphatic carbocycles. The fourth-order valence-corrected chi connectivity index (χ4v) is 6.00. The summed E-state index contributed by atoms with van der Waals surface area (Å²) in [6.07, 6.45) is 0.805. The van der Waals surface area contributed by atoms with E-state index in [0.29, 0.717) is 31.4 Å². The van der Waals surface area contributed by atoms with E-state index in [9.17, 15) is 9.59 Å². The summed E-state index contributed by atoms with van der Waals surface area (Å²) in [5.74, 6) is 0.0928. The molecule has 1 atom stereocenters. The zero-order chi connectivity index (χ0) is 25.9. The molecule has 0 saturated carbocycles. The molecular formula is C31H30N4O2S. The molecule has 4 aromatic rings. The molecule has 0 bridgehead atoms. The first-order valence-corrected chi connectivity index (χ1v) is 14.0. The van der Waals surface area contributed by atoms with Crippen molar-refractivity contribution in [3.8, 4) is 11.1 Å². The van der Waals surface area contributed by atoms with Crippen molar-refractivity contribution in [1.29, 1.82) is 0 Å². The minimum absolute atomic E-state index is 0.0103. The van der Waals surface area contributed by atoms with Crippen LogP contribution in [-0.4, -0.2) is 76.3 Å². The van der Waals surface area contributed by atoms with Gasteiger partial charge in [-0.1, -0.05) is 72.8 Å². The molecule has 38 heavy (non-hydrogen) atoms. The number of carbonyl (C=O) groups excluding carboxylic acids is 2. The van der Waals surface area contributed by atoms with Gasteiger partial charge >= 0.3 is 0 Å². The fourth-order valence-electron chi connectivity index (χ4n) is 5.47. The van der Waals surface area contributed by atoms with Gasteiger partial charge in [-0.25, -0.2) is 4.98 Å². The molecule has 1 aromatic heterocycles. The Kier molecular flexibility index (Phi) is 7.03. The van der Waals surface area contributed by atoms with Crippen molar-refractivity contribution >= 4 is 23.2 Å². The molecule has 2 aliphatic rings. The number of benzene rings is 3. The predicted octanol–water partition coefficient (Wildman–Crippen LogP) is 4.70. The van der Waals surface area contributed by atoms with E-state index in [4.69, 9.17) is 0 Å². The van der Waals surface area contributed by atoms with Gasteiger partial charge in [-0.15, -0.1) is 11.3 Å². The number of piperazine rings is 1. The maximum Gasteiger partial charge on any atom is 0.273 e. The van der Waals surface area contributed by atoms with E-state index in [0.717, 1.165) is 36.2 Å². The lowest BCUT2D eigenvalue weighted by molar-refractivity contribution is -0.00709. The summed E-state index contributed by atoms with van der Waals surface area (Å²) in [4.78, 5) is 36.9. The Morgan fingerprint density at radius 2 is 1.47 bits per heavy atom. The Bertz CT molecular complexity index is 1370. The summed E-state index contributed by atoms with van der Waals surface area (Å²) in [7, 11) is 0. The van der Waals surface area contributed by atoms with Crippen molar-refractivity contribution in [3.63, 3.8) is 0 Å². The van der Waals surface area contributed by atoms with E-state index in [2.05, 4.69) is 51.2 Å². The van der Waals surface area contributed by atoms with Crippen LogP contribution >= 0.6 is 11.3 Å². The highest BCUT2D eigenvalue weighted by Gasteiger charge is 2.40. The largest absolute Gasteiger partial charge is 0.334 e. The average molecular weight is 523 g/mol. The van der Waals surface area contributed by atoms with Crippen LogP contribution in [0.5, 0.6) is 0 Å². The van der Waals surface area contributed by atoms with E-state index in [1.807, 2.05) is 58.8 Å². The Morgan fingerprint density at radius 3 is 2.16 bits per heavy atom. The summed E-state index contributed by atoms with van der Waals surface area (Å²) in [5.41, 5.74) is 6.43. The molecule has 2 fully saturated rings. The van der Waals surface area contributed by atoms with Crippen LogP contribution in [0.1, 0.15) is 26.4 Å². The minimum Gasteiger partial charge on any atom is -0.334 e. The van der Waals surface area contributed by atoms with Crippen molar-refractivity contribution in [2.24, 2.45) is 0 Å². The summed E-state index contributed by atoms with van der Waals surface area (Å²) in [6.45, 7) is 3.70. The topological polar surface area (TPSA) is 56.8 Å². The standard InChI is InChI=1S/C31H30N4O2S/c36-30(26-13-11-25(12-14-26)24-9-5-2-6-10-24)35-16-15-33(18-27(35)17-23-7-3-1-4-8-23)28-19-34(20-28)31(37)29-21-38-22-32-29/h1-14,21-22,27-28H,15-20H2. The Hall–Kier alpha value is -3.81. The molecule has 1 unspecified atom stereocenters. The number of thiazole rings is 1. The molecular weight excluding hydrogens is 492 g/mol. The molecule has 7 heteroatoms. The van der Waals surface area contributed by atoms with Gasteiger partial charge in [0.2, 0.25) is 0 Å². The maximum absolute atomic E-state index is 13.7. The lowest BCUT2D eigenvalue weighted by atomic mass is 9.97. The first-order valence-electron chi connectivity index (χ1n) is 13.1. The molecule has 3 aromatic carbocycles. The smallest absolute Gasteiger partial charge is 0.273 e. The van der Waals surface area contributed by atoms with Gasteiger partial charge in [0.25, 0.3) is 11.8 Å². The number of amides is 2. The summed E-state index contributed by atoms with van der Waals surface area (Å²) >= 11 is 1.44. The lowest BCUT2D eigenvalue weighted by Gasteiger charge is -2.50. The van der Waals surface area contributed by atoms with E-state index in [1.54, 1.807) is 5.51 Å². The van der Waals surface area contributed by atoms with Crippen molar-refractivity contribution in [1.82, 2.24) is 19.7 Å². The number of hydrogen-bond donors (Lipinski definition) is 0. The lowest BCUT2D eigenvalue weighted by Crippen LogP contribution is -2.66. The number of hydrogen-bond acceptors (Lipinski definition) is 5. The average Bonchev–Trinajstić information content (AvgIpc) is 3.49. The van der Waals surface area contributed by atoms with Gasteiger partial charge < -0.3 is 9.80 Å². The first kappa shape index (κ1) is 24.5. The monoisotopic (exact) mass is 522 g/mol. The van der Waals surface area contributed by atoms with Gasteiger partial charge in [-0.2, -0.15) is 0 Å². The highest BCUT2D eigenvalue weighted by molar-refractivity contribution is 7.07. The molecule has 2 amide bonds. The SMILES string of the molecule is O=C(c1cscn1)N1CC(N2CCN(C(=O)c3ccc(-c4ccccc4)cc3)C(Cc3ccccc3)C2)C1. The van der Waals surface area contributed by atoms with Crippen LogP contribution in [0.4, 0.5) is 0 Å². The maximum atomic E-state index is 13.7. The van der Waals surface area contributed by atoms with Gasteiger partial charge in [0, 0.05) is 55.8 Å². The molecule has 0 spiro atoms.